The number of aromatic nitrogens is 2. The Balaban J connectivity index is 3.07. The molecule has 0 aromatic carbocycles. The van der Waals surface area contributed by atoms with Crippen molar-refractivity contribution in [1.29, 1.82) is 0 Å². The van der Waals surface area contributed by atoms with Crippen LogP contribution in [0.15, 0.2) is 0 Å². The highest BCUT2D eigenvalue weighted by atomic mass is 32.1. The largest absolute Gasteiger partial charge is 0.367 e. The quantitative estimate of drug-likeness (QED) is 0.755. The van der Waals surface area contributed by atoms with Crippen LogP contribution in [0.4, 0.5) is 5.95 Å². The lowest BCUT2D eigenvalue weighted by Gasteiger charge is -2.36. The maximum atomic E-state index is 5.51. The Morgan fingerprint density at radius 1 is 1.15 bits per heavy atom. The van der Waals surface area contributed by atoms with Crippen molar-refractivity contribution in [2.24, 2.45) is 5.41 Å². The molecule has 0 unspecified atom stereocenters. The molecule has 0 aliphatic rings. The first-order chi connectivity index (χ1) is 5.75. The van der Waals surface area contributed by atoms with Crippen LogP contribution >= 0.6 is 11.5 Å². The molecule has 0 saturated heterocycles. The van der Waals surface area contributed by atoms with Gasteiger partial charge in [0.2, 0.25) is 5.95 Å². The van der Waals surface area contributed by atoms with Crippen molar-refractivity contribution in [3.8, 4) is 0 Å². The van der Waals surface area contributed by atoms with Crippen molar-refractivity contribution < 1.29 is 0 Å². The summed E-state index contributed by atoms with van der Waals surface area (Å²) >= 11 is 1.40. The smallest absolute Gasteiger partial charge is 0.232 e. The third kappa shape index (κ3) is 1.82. The van der Waals surface area contributed by atoms with E-state index in [0.29, 0.717) is 5.95 Å². The molecule has 0 aliphatic carbocycles. The van der Waals surface area contributed by atoms with E-state index < -0.39 is 0 Å². The Labute approximate surface area is 83.5 Å². The second kappa shape index (κ2) is 2.94. The minimum atomic E-state index is 0.0162. The van der Waals surface area contributed by atoms with Gasteiger partial charge in [0.05, 0.1) is 0 Å². The summed E-state index contributed by atoms with van der Waals surface area (Å²) < 4.78 is 4.00. The Kier molecular flexibility index (Phi) is 2.36. The van der Waals surface area contributed by atoms with E-state index in [1.807, 2.05) is 0 Å². The number of nitrogens with two attached hydrogens (primary N) is 1. The maximum Gasteiger partial charge on any atom is 0.232 e. The fraction of sp³-hybridized carbons (Fsp3) is 0.778. The molecule has 74 valence electrons. The Bertz CT molecular complexity index is 296. The summed E-state index contributed by atoms with van der Waals surface area (Å²) in [6.07, 6.45) is 0. The number of anilines is 1. The molecular formula is C9H17N3S. The predicted molar refractivity (Wildman–Crippen MR) is 56.8 cm³/mol. The van der Waals surface area contributed by atoms with E-state index in [1.54, 1.807) is 0 Å². The second-order valence-corrected chi connectivity index (χ2v) is 5.58. The molecule has 1 heterocycles. The Hall–Kier alpha value is -0.640. The molecule has 0 saturated carbocycles. The van der Waals surface area contributed by atoms with Crippen LogP contribution in [0.25, 0.3) is 0 Å². The van der Waals surface area contributed by atoms with Gasteiger partial charge in [0.15, 0.2) is 0 Å². The first-order valence-electron chi connectivity index (χ1n) is 4.35. The van der Waals surface area contributed by atoms with Crippen molar-refractivity contribution in [2.75, 3.05) is 5.73 Å². The van der Waals surface area contributed by atoms with Gasteiger partial charge in [-0.25, -0.2) is 4.98 Å². The molecule has 4 heteroatoms. The molecule has 2 N–H and O–H groups in total. The Morgan fingerprint density at radius 2 is 1.69 bits per heavy atom. The predicted octanol–water partition coefficient (Wildman–Crippen LogP) is 2.44. The van der Waals surface area contributed by atoms with Crippen LogP contribution in [-0.2, 0) is 5.41 Å². The lowest BCUT2D eigenvalue weighted by atomic mass is 9.70. The average molecular weight is 199 g/mol. The average Bonchev–Trinajstić information content (AvgIpc) is 2.33. The molecule has 0 bridgehead atoms. The van der Waals surface area contributed by atoms with E-state index in [1.165, 1.54) is 11.5 Å². The van der Waals surface area contributed by atoms with Gasteiger partial charge < -0.3 is 5.73 Å². The summed E-state index contributed by atoms with van der Waals surface area (Å²) in [5.74, 6) is 0.386. The highest BCUT2D eigenvalue weighted by molar-refractivity contribution is 7.05. The van der Waals surface area contributed by atoms with Gasteiger partial charge in [0.25, 0.3) is 0 Å². The fourth-order valence-corrected chi connectivity index (χ4v) is 1.70. The molecule has 13 heavy (non-hydrogen) atoms. The summed E-state index contributed by atoms with van der Waals surface area (Å²) in [6.45, 7) is 10.9. The minimum absolute atomic E-state index is 0.0162. The third-order valence-corrected chi connectivity index (χ3v) is 3.90. The molecule has 0 spiro atoms. The fourth-order valence-electron chi connectivity index (χ4n) is 0.810. The van der Waals surface area contributed by atoms with Gasteiger partial charge in [0.1, 0.15) is 5.01 Å². The first kappa shape index (κ1) is 10.4. The van der Waals surface area contributed by atoms with E-state index >= 15 is 0 Å². The lowest BCUT2D eigenvalue weighted by molar-refractivity contribution is 0.225. The monoisotopic (exact) mass is 199 g/mol. The van der Waals surface area contributed by atoms with E-state index in [9.17, 15) is 0 Å². The molecule has 3 nitrogen and oxygen atoms in total. The second-order valence-electron chi connectivity index (χ2n) is 4.83. The summed E-state index contributed by atoms with van der Waals surface area (Å²) in [5, 5.41) is 1.01. The van der Waals surface area contributed by atoms with Gasteiger partial charge in [-0.15, -0.1) is 0 Å². The van der Waals surface area contributed by atoms with Crippen LogP contribution < -0.4 is 5.73 Å². The molecule has 1 aromatic heterocycles. The highest BCUT2D eigenvalue weighted by Crippen LogP contribution is 2.41. The van der Waals surface area contributed by atoms with Gasteiger partial charge in [0, 0.05) is 5.41 Å². The van der Waals surface area contributed by atoms with Gasteiger partial charge in [-0.2, -0.15) is 4.37 Å². The maximum absolute atomic E-state index is 5.51. The van der Waals surface area contributed by atoms with Crippen LogP contribution in [0.2, 0.25) is 0 Å². The standard InChI is InChI=1S/C9H17N3S/c1-8(2,3)9(4,5)6-11-7(10)12-13-6/h1-5H3,(H2,10,12). The van der Waals surface area contributed by atoms with Gasteiger partial charge in [-0.1, -0.05) is 34.6 Å². The highest BCUT2D eigenvalue weighted by Gasteiger charge is 2.37. The summed E-state index contributed by atoms with van der Waals surface area (Å²) in [7, 11) is 0. The molecule has 1 aromatic rings. The number of nitrogen functional groups attached to an aromatic ring is 1. The molecule has 1 rings (SSSR count). The summed E-state index contributed by atoms with van der Waals surface area (Å²) in [4.78, 5) is 4.23. The summed E-state index contributed by atoms with van der Waals surface area (Å²) in [6, 6.07) is 0. The van der Waals surface area contributed by atoms with E-state index in [2.05, 4.69) is 44.0 Å². The van der Waals surface area contributed by atoms with Crippen molar-refractivity contribution in [3.05, 3.63) is 5.01 Å². The van der Waals surface area contributed by atoms with Gasteiger partial charge >= 0.3 is 0 Å². The molecule has 0 aliphatic heterocycles. The zero-order valence-electron chi connectivity index (χ0n) is 8.88. The van der Waals surface area contributed by atoms with E-state index in [0.717, 1.165) is 5.01 Å². The van der Waals surface area contributed by atoms with Crippen LogP contribution in [0.3, 0.4) is 0 Å². The third-order valence-electron chi connectivity index (χ3n) is 2.85. The minimum Gasteiger partial charge on any atom is -0.367 e. The normalized spacial score (nSPS) is 13.3. The Morgan fingerprint density at radius 3 is 2.00 bits per heavy atom. The molecular weight excluding hydrogens is 182 g/mol. The van der Waals surface area contributed by atoms with Crippen molar-refractivity contribution >= 4 is 17.5 Å². The van der Waals surface area contributed by atoms with E-state index in [4.69, 9.17) is 5.73 Å². The first-order valence-corrected chi connectivity index (χ1v) is 5.12. The van der Waals surface area contributed by atoms with Gasteiger partial charge in [-0.05, 0) is 16.9 Å². The zero-order valence-corrected chi connectivity index (χ0v) is 9.70. The zero-order chi connectivity index (χ0) is 10.3. The number of hydrogen-bond donors (Lipinski definition) is 1. The van der Waals surface area contributed by atoms with Gasteiger partial charge in [-0.3, -0.25) is 0 Å². The van der Waals surface area contributed by atoms with Crippen molar-refractivity contribution in [3.63, 3.8) is 0 Å². The molecule has 0 fully saturated rings. The SMILES string of the molecule is CC(C)(C)C(C)(C)c1nc(N)ns1. The van der Waals surface area contributed by atoms with Crippen LogP contribution in [0.1, 0.15) is 39.6 Å². The van der Waals surface area contributed by atoms with E-state index in [-0.39, 0.29) is 10.8 Å². The number of hydrogen-bond acceptors (Lipinski definition) is 4. The number of rotatable bonds is 1. The van der Waals surface area contributed by atoms with Crippen LogP contribution in [0.5, 0.6) is 0 Å². The van der Waals surface area contributed by atoms with Crippen molar-refractivity contribution in [1.82, 2.24) is 9.36 Å². The lowest BCUT2D eigenvalue weighted by Crippen LogP contribution is -2.33. The van der Waals surface area contributed by atoms with Crippen LogP contribution in [-0.4, -0.2) is 9.36 Å². The molecule has 0 atom stereocenters. The number of nitrogens with zero attached hydrogens (tertiary/aromatic N) is 2. The van der Waals surface area contributed by atoms with Crippen molar-refractivity contribution in [2.45, 2.75) is 40.0 Å². The summed E-state index contributed by atoms with van der Waals surface area (Å²) in [5.41, 5.74) is 5.69. The topological polar surface area (TPSA) is 51.8 Å². The molecule has 0 radical (unpaired) electrons. The van der Waals surface area contributed by atoms with Crippen LogP contribution in [0, 0.1) is 5.41 Å². The molecule has 0 amide bonds.